The highest BCUT2D eigenvalue weighted by atomic mass is 35.5. The second kappa shape index (κ2) is 10.7. The standard InChI is InChI=1S/C26H22ClN7O2S2/c27-17-7-9-19(10-8-17)38-32-13-3-4-18(16-32)29-25-28-12-11-21(30-25)24-23(31-26-33(24)14-15-37-26)20-5-1-2-6-22(20)34(35)36/h1-2,5-12,14-15,18H,3-4,13,16H2,(H,28,29,30)/t18-/m1/s1. The van der Waals surface area contributed by atoms with Crippen molar-refractivity contribution in [2.75, 3.05) is 18.4 Å². The summed E-state index contributed by atoms with van der Waals surface area (Å²) in [5.41, 5.74) is 2.33. The molecule has 0 unspecified atom stereocenters. The van der Waals surface area contributed by atoms with Gasteiger partial charge in [0.1, 0.15) is 11.4 Å². The van der Waals surface area contributed by atoms with Gasteiger partial charge in [-0.1, -0.05) is 23.7 Å². The second-order valence-electron chi connectivity index (χ2n) is 8.82. The number of anilines is 1. The van der Waals surface area contributed by atoms with Crippen molar-refractivity contribution in [2.45, 2.75) is 23.8 Å². The number of nitrogens with zero attached hydrogens (tertiary/aromatic N) is 6. The number of hydrogen-bond acceptors (Lipinski definition) is 9. The Labute approximate surface area is 231 Å². The molecule has 1 atom stereocenters. The lowest BCUT2D eigenvalue weighted by Crippen LogP contribution is -2.38. The number of nitro groups is 1. The van der Waals surface area contributed by atoms with Crippen molar-refractivity contribution in [1.82, 2.24) is 23.7 Å². The molecule has 6 rings (SSSR count). The molecule has 0 saturated carbocycles. The molecule has 1 N–H and O–H groups in total. The van der Waals surface area contributed by atoms with E-state index in [9.17, 15) is 10.1 Å². The average molecular weight is 564 g/mol. The number of nitro benzene ring substituents is 1. The number of imidazole rings is 1. The van der Waals surface area contributed by atoms with Crippen LogP contribution in [0.3, 0.4) is 0 Å². The zero-order valence-electron chi connectivity index (χ0n) is 20.0. The highest BCUT2D eigenvalue weighted by Gasteiger charge is 2.25. The summed E-state index contributed by atoms with van der Waals surface area (Å²) in [6.07, 6.45) is 5.68. The van der Waals surface area contributed by atoms with Gasteiger partial charge in [-0.3, -0.25) is 14.5 Å². The van der Waals surface area contributed by atoms with Gasteiger partial charge in [0.2, 0.25) is 5.95 Å². The first-order valence-electron chi connectivity index (χ1n) is 12.0. The lowest BCUT2D eigenvalue weighted by atomic mass is 10.1. The van der Waals surface area contributed by atoms with Crippen LogP contribution in [0.2, 0.25) is 5.02 Å². The molecule has 1 fully saturated rings. The van der Waals surface area contributed by atoms with Gasteiger partial charge >= 0.3 is 0 Å². The van der Waals surface area contributed by atoms with E-state index in [-0.39, 0.29) is 16.7 Å². The Bertz CT molecular complexity index is 1610. The first kappa shape index (κ1) is 24.8. The second-order valence-corrected chi connectivity index (χ2v) is 11.3. The predicted molar refractivity (Wildman–Crippen MR) is 152 cm³/mol. The molecule has 0 amide bonds. The van der Waals surface area contributed by atoms with Crippen LogP contribution in [0.15, 0.2) is 77.3 Å². The number of halogens is 1. The summed E-state index contributed by atoms with van der Waals surface area (Å²) in [7, 11) is 0. The summed E-state index contributed by atoms with van der Waals surface area (Å²) < 4.78 is 4.26. The van der Waals surface area contributed by atoms with Crippen molar-refractivity contribution in [3.05, 3.63) is 87.5 Å². The number of benzene rings is 2. The van der Waals surface area contributed by atoms with Crippen LogP contribution in [-0.4, -0.2) is 47.7 Å². The van der Waals surface area contributed by atoms with Gasteiger partial charge in [-0.05, 0) is 61.2 Å². The topological polar surface area (TPSA) is 101 Å². The molecule has 1 aliphatic rings. The molecule has 3 aromatic heterocycles. The molecule has 1 aliphatic heterocycles. The van der Waals surface area contributed by atoms with E-state index in [4.69, 9.17) is 21.6 Å². The van der Waals surface area contributed by atoms with Gasteiger partial charge in [0.25, 0.3) is 5.69 Å². The van der Waals surface area contributed by atoms with E-state index in [1.54, 1.807) is 36.3 Å². The fourth-order valence-corrected chi connectivity index (χ4v) is 6.45. The number of aromatic nitrogens is 4. The van der Waals surface area contributed by atoms with Crippen molar-refractivity contribution >= 4 is 51.5 Å². The third-order valence-electron chi connectivity index (χ3n) is 6.28. The summed E-state index contributed by atoms with van der Waals surface area (Å²) >= 11 is 9.22. The van der Waals surface area contributed by atoms with Gasteiger partial charge in [0.05, 0.1) is 16.2 Å². The molecule has 0 aliphatic carbocycles. The van der Waals surface area contributed by atoms with Gasteiger partial charge in [-0.25, -0.2) is 19.3 Å². The van der Waals surface area contributed by atoms with E-state index in [0.29, 0.717) is 28.6 Å². The maximum atomic E-state index is 11.8. The summed E-state index contributed by atoms with van der Waals surface area (Å²) in [5, 5.41) is 17.9. The first-order chi connectivity index (χ1) is 18.5. The average Bonchev–Trinajstić information content (AvgIpc) is 3.52. The number of para-hydroxylation sites is 1. The maximum absolute atomic E-state index is 11.8. The minimum absolute atomic E-state index is 0.00684. The normalized spacial score (nSPS) is 16.1. The first-order valence-corrected chi connectivity index (χ1v) is 14.1. The fraction of sp³-hybridized carbons (Fsp3) is 0.192. The van der Waals surface area contributed by atoms with Gasteiger partial charge in [0, 0.05) is 52.9 Å². The van der Waals surface area contributed by atoms with Crippen LogP contribution >= 0.6 is 34.9 Å². The molecular formula is C26H22ClN7O2S2. The van der Waals surface area contributed by atoms with Gasteiger partial charge in [-0.2, -0.15) is 0 Å². The largest absolute Gasteiger partial charge is 0.350 e. The molecule has 4 heterocycles. The lowest BCUT2D eigenvalue weighted by molar-refractivity contribution is -0.384. The third kappa shape index (κ3) is 5.10. The molecular weight excluding hydrogens is 542 g/mol. The van der Waals surface area contributed by atoms with Gasteiger partial charge < -0.3 is 5.32 Å². The maximum Gasteiger partial charge on any atom is 0.278 e. The minimum Gasteiger partial charge on any atom is -0.350 e. The van der Waals surface area contributed by atoms with Crippen LogP contribution in [0.4, 0.5) is 11.6 Å². The van der Waals surface area contributed by atoms with E-state index < -0.39 is 0 Å². The number of rotatable bonds is 7. The van der Waals surface area contributed by atoms with Crippen LogP contribution in [-0.2, 0) is 0 Å². The molecule has 38 heavy (non-hydrogen) atoms. The Morgan fingerprint density at radius 2 is 1.97 bits per heavy atom. The van der Waals surface area contributed by atoms with Crippen molar-refractivity contribution in [2.24, 2.45) is 0 Å². The molecule has 12 heteroatoms. The Kier molecular flexibility index (Phi) is 6.98. The summed E-state index contributed by atoms with van der Waals surface area (Å²) in [6.45, 7) is 1.83. The van der Waals surface area contributed by atoms with Crippen molar-refractivity contribution in [1.29, 1.82) is 0 Å². The summed E-state index contributed by atoms with van der Waals surface area (Å²) in [5.74, 6) is 0.518. The number of piperidine rings is 1. The molecule has 9 nitrogen and oxygen atoms in total. The van der Waals surface area contributed by atoms with Crippen LogP contribution in [0.25, 0.3) is 27.6 Å². The van der Waals surface area contributed by atoms with E-state index in [2.05, 4.69) is 14.6 Å². The number of nitrogens with one attached hydrogen (secondary N) is 1. The molecule has 5 aromatic rings. The van der Waals surface area contributed by atoms with Crippen LogP contribution in [0.5, 0.6) is 0 Å². The van der Waals surface area contributed by atoms with E-state index >= 15 is 0 Å². The number of hydrogen-bond donors (Lipinski definition) is 1. The SMILES string of the molecule is O=[N+]([O-])c1ccccc1-c1nc2sccn2c1-c1ccnc(N[C@@H]2CCCN(Sc3ccc(Cl)cc3)C2)n1. The molecule has 0 spiro atoms. The van der Waals surface area contributed by atoms with Crippen molar-refractivity contribution in [3.8, 4) is 22.6 Å². The van der Waals surface area contributed by atoms with Gasteiger partial charge in [-0.15, -0.1) is 11.3 Å². The summed E-state index contributed by atoms with van der Waals surface area (Å²) in [4.78, 5) is 27.3. The van der Waals surface area contributed by atoms with Gasteiger partial charge in [0.15, 0.2) is 4.96 Å². The highest BCUT2D eigenvalue weighted by Crippen LogP contribution is 2.38. The summed E-state index contributed by atoms with van der Waals surface area (Å²) in [6, 6.07) is 16.5. The molecule has 192 valence electrons. The highest BCUT2D eigenvalue weighted by molar-refractivity contribution is 7.97. The molecule has 1 saturated heterocycles. The zero-order valence-corrected chi connectivity index (χ0v) is 22.4. The quantitative estimate of drug-likeness (QED) is 0.133. The van der Waals surface area contributed by atoms with Crippen LogP contribution in [0, 0.1) is 10.1 Å². The van der Waals surface area contributed by atoms with Crippen molar-refractivity contribution < 1.29 is 4.92 Å². The monoisotopic (exact) mass is 563 g/mol. The minimum atomic E-state index is -0.379. The number of thiazole rings is 1. The Balaban J connectivity index is 1.27. The van der Waals surface area contributed by atoms with E-state index in [1.165, 1.54) is 17.4 Å². The zero-order chi connectivity index (χ0) is 26.1. The fourth-order valence-electron chi connectivity index (χ4n) is 4.58. The van der Waals surface area contributed by atoms with Crippen LogP contribution < -0.4 is 5.32 Å². The lowest BCUT2D eigenvalue weighted by Gasteiger charge is -2.32. The molecule has 2 aromatic carbocycles. The molecule has 0 radical (unpaired) electrons. The smallest absolute Gasteiger partial charge is 0.278 e. The van der Waals surface area contributed by atoms with E-state index in [0.717, 1.165) is 40.8 Å². The Hall–Kier alpha value is -3.51. The van der Waals surface area contributed by atoms with Crippen molar-refractivity contribution in [3.63, 3.8) is 0 Å². The molecule has 0 bridgehead atoms. The van der Waals surface area contributed by atoms with E-state index in [1.807, 2.05) is 46.3 Å². The number of fused-ring (bicyclic) bond motifs is 1. The third-order valence-corrected chi connectivity index (χ3v) is 8.36. The van der Waals surface area contributed by atoms with Crippen LogP contribution in [0.1, 0.15) is 12.8 Å². The predicted octanol–water partition coefficient (Wildman–Crippen LogP) is 6.67. The Morgan fingerprint density at radius 1 is 1.13 bits per heavy atom. The Morgan fingerprint density at radius 3 is 2.82 bits per heavy atom.